The van der Waals surface area contributed by atoms with E-state index in [1.807, 2.05) is 13.0 Å². The second-order valence-corrected chi connectivity index (χ2v) is 5.74. The van der Waals surface area contributed by atoms with Crippen LogP contribution in [0.3, 0.4) is 0 Å². The number of aryl methyl sites for hydroxylation is 1. The van der Waals surface area contributed by atoms with Crippen LogP contribution in [-0.2, 0) is 0 Å². The van der Waals surface area contributed by atoms with E-state index in [9.17, 15) is 4.79 Å². The summed E-state index contributed by atoms with van der Waals surface area (Å²) in [5.41, 5.74) is 1.39. The molecule has 0 saturated carbocycles. The molecule has 0 radical (unpaired) electrons. The molecular weight excluding hydrogens is 308 g/mol. The van der Waals surface area contributed by atoms with Crippen LogP contribution in [0.15, 0.2) is 30.5 Å². The van der Waals surface area contributed by atoms with Crippen LogP contribution in [0, 0.1) is 6.92 Å². The van der Waals surface area contributed by atoms with Crippen molar-refractivity contribution in [2.24, 2.45) is 0 Å². The molecule has 1 aliphatic heterocycles. The zero-order valence-corrected chi connectivity index (χ0v) is 13.8. The normalized spacial score (nSPS) is 17.4. The summed E-state index contributed by atoms with van der Waals surface area (Å²) in [7, 11) is 1.55. The van der Waals surface area contributed by atoms with E-state index in [1.54, 1.807) is 30.2 Å². The van der Waals surface area contributed by atoms with E-state index in [4.69, 9.17) is 9.47 Å². The first-order valence-electron chi connectivity index (χ1n) is 7.92. The number of hydrogen-bond acceptors (Lipinski definition) is 6. The van der Waals surface area contributed by atoms with Crippen LogP contribution in [0.4, 0.5) is 0 Å². The Bertz CT molecular complexity index is 688. The summed E-state index contributed by atoms with van der Waals surface area (Å²) in [6.45, 7) is 3.12. The predicted molar refractivity (Wildman–Crippen MR) is 87.1 cm³/mol. The maximum Gasteiger partial charge on any atom is 0.255 e. The van der Waals surface area contributed by atoms with Gasteiger partial charge in [0.1, 0.15) is 6.10 Å². The lowest BCUT2D eigenvalue weighted by Crippen LogP contribution is -2.44. The lowest BCUT2D eigenvalue weighted by Gasteiger charge is -2.32. The monoisotopic (exact) mass is 328 g/mol. The maximum atomic E-state index is 12.6. The highest BCUT2D eigenvalue weighted by Gasteiger charge is 2.26. The standard InChI is InChI=1S/C17H20N4O3/c1-12-5-7-16(20-19-12)24-14-4-3-9-21(11-14)17(22)13-6-8-15(23-2)18-10-13/h5-8,10,14H,3-4,9,11H2,1-2H3. The number of ether oxygens (including phenoxy) is 2. The Morgan fingerprint density at radius 3 is 2.71 bits per heavy atom. The Morgan fingerprint density at radius 1 is 1.21 bits per heavy atom. The molecule has 1 saturated heterocycles. The molecule has 0 bridgehead atoms. The van der Waals surface area contributed by atoms with E-state index in [0.29, 0.717) is 30.4 Å². The molecule has 0 spiro atoms. The second-order valence-electron chi connectivity index (χ2n) is 5.74. The number of carbonyl (C=O) groups excluding carboxylic acids is 1. The number of methoxy groups -OCH3 is 1. The minimum atomic E-state index is -0.0779. The quantitative estimate of drug-likeness (QED) is 0.853. The number of amides is 1. The molecule has 1 fully saturated rings. The molecule has 0 N–H and O–H groups in total. The van der Waals surface area contributed by atoms with Gasteiger partial charge in [0.15, 0.2) is 0 Å². The Kier molecular flexibility index (Phi) is 4.88. The Morgan fingerprint density at radius 2 is 2.04 bits per heavy atom. The molecule has 1 aliphatic rings. The highest BCUT2D eigenvalue weighted by Crippen LogP contribution is 2.18. The Balaban J connectivity index is 1.63. The first-order valence-corrected chi connectivity index (χ1v) is 7.92. The van der Waals surface area contributed by atoms with Crippen LogP contribution < -0.4 is 9.47 Å². The fraction of sp³-hybridized carbons (Fsp3) is 0.412. The number of piperidine rings is 1. The lowest BCUT2D eigenvalue weighted by molar-refractivity contribution is 0.0525. The molecule has 24 heavy (non-hydrogen) atoms. The molecule has 0 aliphatic carbocycles. The van der Waals surface area contributed by atoms with Crippen molar-refractivity contribution >= 4 is 5.91 Å². The molecule has 3 heterocycles. The minimum absolute atomic E-state index is 0.0477. The SMILES string of the molecule is COc1ccc(C(=O)N2CCCC(Oc3ccc(C)nn3)C2)cn1. The van der Waals surface area contributed by atoms with Crippen molar-refractivity contribution in [3.8, 4) is 11.8 Å². The van der Waals surface area contributed by atoms with Gasteiger partial charge in [0.25, 0.3) is 5.91 Å². The molecule has 2 aromatic heterocycles. The number of hydrogen-bond donors (Lipinski definition) is 0. The van der Waals surface area contributed by atoms with Gasteiger partial charge in [0, 0.05) is 24.9 Å². The molecule has 1 amide bonds. The first kappa shape index (κ1) is 16.2. The lowest BCUT2D eigenvalue weighted by atomic mass is 10.1. The van der Waals surface area contributed by atoms with Crippen molar-refractivity contribution in [1.82, 2.24) is 20.1 Å². The van der Waals surface area contributed by atoms with Gasteiger partial charge in [-0.1, -0.05) is 0 Å². The van der Waals surface area contributed by atoms with E-state index in [1.165, 1.54) is 6.20 Å². The van der Waals surface area contributed by atoms with Gasteiger partial charge in [-0.3, -0.25) is 4.79 Å². The number of rotatable bonds is 4. The van der Waals surface area contributed by atoms with Crippen LogP contribution in [0.2, 0.25) is 0 Å². The predicted octanol–water partition coefficient (Wildman–Crippen LogP) is 1.87. The third-order valence-corrected chi connectivity index (χ3v) is 3.92. The van der Waals surface area contributed by atoms with Crippen LogP contribution in [0.25, 0.3) is 0 Å². The summed E-state index contributed by atoms with van der Waals surface area (Å²) in [5, 5.41) is 8.01. The van der Waals surface area contributed by atoms with Crippen molar-refractivity contribution < 1.29 is 14.3 Å². The second kappa shape index (κ2) is 7.25. The fourth-order valence-corrected chi connectivity index (χ4v) is 2.65. The average Bonchev–Trinajstić information content (AvgIpc) is 2.63. The van der Waals surface area contributed by atoms with Gasteiger partial charge < -0.3 is 14.4 Å². The zero-order valence-electron chi connectivity index (χ0n) is 13.8. The van der Waals surface area contributed by atoms with Crippen LogP contribution in [0.1, 0.15) is 28.9 Å². The Labute approximate surface area is 140 Å². The van der Waals surface area contributed by atoms with Gasteiger partial charge in [-0.15, -0.1) is 5.10 Å². The molecule has 1 atom stereocenters. The first-order chi connectivity index (χ1) is 11.7. The largest absolute Gasteiger partial charge is 0.481 e. The van der Waals surface area contributed by atoms with Gasteiger partial charge in [-0.2, -0.15) is 5.10 Å². The molecule has 7 heteroatoms. The highest BCUT2D eigenvalue weighted by molar-refractivity contribution is 5.94. The van der Waals surface area contributed by atoms with Crippen molar-refractivity contribution in [3.05, 3.63) is 41.7 Å². The summed E-state index contributed by atoms with van der Waals surface area (Å²) in [6, 6.07) is 7.07. The average molecular weight is 328 g/mol. The molecule has 3 rings (SSSR count). The smallest absolute Gasteiger partial charge is 0.255 e. The molecule has 1 unspecified atom stereocenters. The Hall–Kier alpha value is -2.70. The molecular formula is C17H20N4O3. The summed E-state index contributed by atoms with van der Waals surface area (Å²) in [5.74, 6) is 0.934. The molecule has 0 aromatic carbocycles. The van der Waals surface area contributed by atoms with E-state index < -0.39 is 0 Å². The molecule has 7 nitrogen and oxygen atoms in total. The summed E-state index contributed by atoms with van der Waals surface area (Å²) in [6.07, 6.45) is 3.24. The van der Waals surface area contributed by atoms with Crippen LogP contribution in [-0.4, -0.2) is 52.3 Å². The zero-order chi connectivity index (χ0) is 16.9. The van der Waals surface area contributed by atoms with Crippen molar-refractivity contribution in [1.29, 1.82) is 0 Å². The molecule has 126 valence electrons. The minimum Gasteiger partial charge on any atom is -0.481 e. The number of aromatic nitrogens is 3. The van der Waals surface area contributed by atoms with Gasteiger partial charge in [0.2, 0.25) is 11.8 Å². The number of nitrogens with zero attached hydrogens (tertiary/aromatic N) is 4. The number of pyridine rings is 1. The van der Waals surface area contributed by atoms with Gasteiger partial charge in [-0.25, -0.2) is 4.98 Å². The summed E-state index contributed by atoms with van der Waals surface area (Å²) < 4.78 is 10.9. The van der Waals surface area contributed by atoms with Gasteiger partial charge in [-0.05, 0) is 31.9 Å². The van der Waals surface area contributed by atoms with E-state index in [0.717, 1.165) is 18.5 Å². The van der Waals surface area contributed by atoms with Crippen molar-refractivity contribution in [3.63, 3.8) is 0 Å². The third kappa shape index (κ3) is 3.79. The summed E-state index contributed by atoms with van der Waals surface area (Å²) >= 11 is 0. The number of carbonyl (C=O) groups is 1. The fourth-order valence-electron chi connectivity index (χ4n) is 2.65. The van der Waals surface area contributed by atoms with Crippen molar-refractivity contribution in [2.75, 3.05) is 20.2 Å². The van der Waals surface area contributed by atoms with Crippen LogP contribution in [0.5, 0.6) is 11.8 Å². The maximum absolute atomic E-state index is 12.6. The van der Waals surface area contributed by atoms with E-state index in [2.05, 4.69) is 15.2 Å². The van der Waals surface area contributed by atoms with Crippen LogP contribution >= 0.6 is 0 Å². The third-order valence-electron chi connectivity index (χ3n) is 3.92. The van der Waals surface area contributed by atoms with E-state index >= 15 is 0 Å². The van der Waals surface area contributed by atoms with Gasteiger partial charge >= 0.3 is 0 Å². The van der Waals surface area contributed by atoms with Crippen molar-refractivity contribution in [2.45, 2.75) is 25.9 Å². The number of likely N-dealkylation sites (tertiary alicyclic amines) is 1. The highest BCUT2D eigenvalue weighted by atomic mass is 16.5. The topological polar surface area (TPSA) is 77.4 Å². The summed E-state index contributed by atoms with van der Waals surface area (Å²) in [4.78, 5) is 18.5. The van der Waals surface area contributed by atoms with E-state index in [-0.39, 0.29) is 12.0 Å². The molecule has 2 aromatic rings. The van der Waals surface area contributed by atoms with Gasteiger partial charge in [0.05, 0.1) is 24.9 Å².